The van der Waals surface area contributed by atoms with Gasteiger partial charge in [-0.05, 0) is 42.9 Å². The van der Waals surface area contributed by atoms with Crippen LogP contribution in [-0.4, -0.2) is 19.6 Å². The molecule has 0 atom stereocenters. The van der Waals surface area contributed by atoms with Crippen molar-refractivity contribution in [1.29, 1.82) is 0 Å². The Morgan fingerprint density at radius 2 is 1.93 bits per heavy atom. The molecule has 146 valence electrons. The van der Waals surface area contributed by atoms with E-state index in [9.17, 15) is 4.79 Å². The average molecular weight is 407 g/mol. The average Bonchev–Trinajstić information content (AvgIpc) is 3.44. The van der Waals surface area contributed by atoms with Crippen molar-refractivity contribution in [3.63, 3.8) is 0 Å². The number of aromatic amines is 1. The Balaban J connectivity index is 1.41. The Morgan fingerprint density at radius 1 is 1.10 bits per heavy atom. The first-order chi connectivity index (χ1) is 14.2. The van der Waals surface area contributed by atoms with Crippen LogP contribution in [0.5, 0.6) is 5.75 Å². The molecule has 1 N–H and O–H groups in total. The van der Waals surface area contributed by atoms with E-state index in [-0.39, 0.29) is 12.2 Å². The number of halogens is 1. The third kappa shape index (κ3) is 3.89. The molecule has 0 saturated heterocycles. The molecule has 6 nitrogen and oxygen atoms in total. The number of hydrogen-bond acceptors (Lipinski definition) is 4. The smallest absolute Gasteiger partial charge is 0.274 e. The molecule has 0 aliphatic heterocycles. The summed E-state index contributed by atoms with van der Waals surface area (Å²) in [5.74, 6) is 2.39. The highest BCUT2D eigenvalue weighted by atomic mass is 35.5. The van der Waals surface area contributed by atoms with E-state index in [1.165, 1.54) is 23.4 Å². The Bertz CT molecular complexity index is 1230. The van der Waals surface area contributed by atoms with E-state index in [1.54, 1.807) is 0 Å². The normalized spacial score (nSPS) is 13.7. The number of benzene rings is 2. The van der Waals surface area contributed by atoms with Crippen LogP contribution in [0.25, 0.3) is 17.2 Å². The predicted octanol–water partition coefficient (Wildman–Crippen LogP) is 4.27. The molecule has 4 aromatic rings. The molecule has 0 radical (unpaired) electrons. The number of H-pyrrole nitrogens is 1. The van der Waals surface area contributed by atoms with Crippen molar-refractivity contribution < 1.29 is 4.74 Å². The monoisotopic (exact) mass is 406 g/mol. The fraction of sp³-hybridized carbons (Fsp3) is 0.227. The second-order valence-corrected chi connectivity index (χ2v) is 7.78. The molecule has 1 aliphatic carbocycles. The summed E-state index contributed by atoms with van der Waals surface area (Å²) in [5, 5.41) is 3.63. The molecule has 0 spiro atoms. The molecule has 5 rings (SSSR count). The van der Waals surface area contributed by atoms with Crippen molar-refractivity contribution in [3.8, 4) is 17.1 Å². The van der Waals surface area contributed by atoms with Crippen molar-refractivity contribution in [2.45, 2.75) is 25.9 Å². The molecular weight excluding hydrogens is 388 g/mol. The summed E-state index contributed by atoms with van der Waals surface area (Å²) in [5.41, 5.74) is 2.32. The van der Waals surface area contributed by atoms with Crippen LogP contribution in [0.3, 0.4) is 0 Å². The van der Waals surface area contributed by atoms with E-state index < -0.39 is 0 Å². The van der Waals surface area contributed by atoms with Crippen LogP contribution in [0.15, 0.2) is 59.4 Å². The third-order valence-electron chi connectivity index (χ3n) is 5.04. The van der Waals surface area contributed by atoms with Gasteiger partial charge in [-0.15, -0.1) is 0 Å². The zero-order valence-electron chi connectivity index (χ0n) is 15.6. The maximum absolute atomic E-state index is 12.5. The number of nitrogens with zero attached hydrogens (tertiary/aromatic N) is 3. The molecule has 1 aliphatic rings. The fourth-order valence-corrected chi connectivity index (χ4v) is 3.50. The molecule has 2 aromatic heterocycles. The van der Waals surface area contributed by atoms with Crippen LogP contribution in [0.4, 0.5) is 0 Å². The van der Waals surface area contributed by atoms with E-state index in [0.717, 1.165) is 29.2 Å². The summed E-state index contributed by atoms with van der Waals surface area (Å²) < 4.78 is 7.33. The SMILES string of the molecule is O=c1cc(COc2cc(Cl)ccc2CC2CC2)nc2nc(-c3ccccc3)[nH]n12. The van der Waals surface area contributed by atoms with E-state index in [1.807, 2.05) is 48.5 Å². The topological polar surface area (TPSA) is 72.3 Å². The highest BCUT2D eigenvalue weighted by Gasteiger charge is 2.23. The van der Waals surface area contributed by atoms with Gasteiger partial charge in [0.1, 0.15) is 12.4 Å². The van der Waals surface area contributed by atoms with E-state index >= 15 is 0 Å². The molecule has 2 heterocycles. The van der Waals surface area contributed by atoms with Crippen LogP contribution in [0.1, 0.15) is 24.1 Å². The first-order valence-electron chi connectivity index (χ1n) is 9.61. The summed E-state index contributed by atoms with van der Waals surface area (Å²) in [6.45, 7) is 0.178. The zero-order valence-corrected chi connectivity index (χ0v) is 16.4. The summed E-state index contributed by atoms with van der Waals surface area (Å²) in [7, 11) is 0. The number of nitrogens with one attached hydrogen (secondary N) is 1. The molecule has 1 saturated carbocycles. The number of aromatic nitrogens is 4. The first kappa shape index (κ1) is 17.9. The van der Waals surface area contributed by atoms with Gasteiger partial charge >= 0.3 is 0 Å². The lowest BCUT2D eigenvalue weighted by molar-refractivity contribution is 0.297. The number of hydrogen-bond donors (Lipinski definition) is 1. The van der Waals surface area contributed by atoms with Gasteiger partial charge in [0.25, 0.3) is 11.3 Å². The van der Waals surface area contributed by atoms with Crippen molar-refractivity contribution in [2.24, 2.45) is 5.92 Å². The van der Waals surface area contributed by atoms with E-state index in [0.29, 0.717) is 22.3 Å². The van der Waals surface area contributed by atoms with Crippen LogP contribution in [-0.2, 0) is 13.0 Å². The quantitative estimate of drug-likeness (QED) is 0.519. The van der Waals surface area contributed by atoms with Crippen LogP contribution in [0.2, 0.25) is 5.02 Å². The van der Waals surface area contributed by atoms with Gasteiger partial charge in [0.15, 0.2) is 5.82 Å². The van der Waals surface area contributed by atoms with E-state index in [4.69, 9.17) is 16.3 Å². The molecule has 7 heteroatoms. The van der Waals surface area contributed by atoms with Crippen molar-refractivity contribution in [2.75, 3.05) is 0 Å². The summed E-state index contributed by atoms with van der Waals surface area (Å²) >= 11 is 6.15. The van der Waals surface area contributed by atoms with Crippen LogP contribution >= 0.6 is 11.6 Å². The van der Waals surface area contributed by atoms with Gasteiger partial charge in [-0.25, -0.2) is 4.98 Å². The molecule has 2 aromatic carbocycles. The van der Waals surface area contributed by atoms with Gasteiger partial charge in [-0.2, -0.15) is 9.50 Å². The highest BCUT2D eigenvalue weighted by Crippen LogP contribution is 2.36. The van der Waals surface area contributed by atoms with Gasteiger partial charge in [-0.1, -0.05) is 48.0 Å². The summed E-state index contributed by atoms with van der Waals surface area (Å²) in [4.78, 5) is 21.4. The fourth-order valence-electron chi connectivity index (χ4n) is 3.34. The summed E-state index contributed by atoms with van der Waals surface area (Å²) in [6.07, 6.45) is 3.52. The van der Waals surface area contributed by atoms with Crippen LogP contribution < -0.4 is 10.3 Å². The largest absolute Gasteiger partial charge is 0.487 e. The Labute approximate surface area is 172 Å². The van der Waals surface area contributed by atoms with Gasteiger partial charge in [-0.3, -0.25) is 9.89 Å². The zero-order chi connectivity index (χ0) is 19.8. The number of fused-ring (bicyclic) bond motifs is 1. The second kappa shape index (κ2) is 7.37. The molecule has 0 unspecified atom stereocenters. The maximum atomic E-state index is 12.5. The minimum absolute atomic E-state index is 0.178. The van der Waals surface area contributed by atoms with E-state index in [2.05, 4.69) is 15.1 Å². The van der Waals surface area contributed by atoms with Crippen LogP contribution in [0, 0.1) is 5.92 Å². The molecule has 1 fully saturated rings. The van der Waals surface area contributed by atoms with Gasteiger partial charge in [0, 0.05) is 16.7 Å². The Kier molecular flexibility index (Phi) is 4.56. The Morgan fingerprint density at radius 3 is 2.72 bits per heavy atom. The molecule has 0 amide bonds. The van der Waals surface area contributed by atoms with Gasteiger partial charge in [0.05, 0.1) is 5.69 Å². The first-order valence-corrected chi connectivity index (χ1v) is 9.99. The molecule has 0 bridgehead atoms. The number of rotatable bonds is 6. The molecular formula is C22H19ClN4O2. The predicted molar refractivity (Wildman–Crippen MR) is 111 cm³/mol. The summed E-state index contributed by atoms with van der Waals surface area (Å²) in [6, 6.07) is 16.8. The van der Waals surface area contributed by atoms with Gasteiger partial charge < -0.3 is 4.74 Å². The minimum Gasteiger partial charge on any atom is -0.487 e. The second-order valence-electron chi connectivity index (χ2n) is 7.35. The van der Waals surface area contributed by atoms with Crippen molar-refractivity contribution in [1.82, 2.24) is 19.6 Å². The maximum Gasteiger partial charge on any atom is 0.274 e. The third-order valence-corrected chi connectivity index (χ3v) is 5.28. The van der Waals surface area contributed by atoms with Crippen molar-refractivity contribution in [3.05, 3.63) is 81.2 Å². The number of ether oxygens (including phenoxy) is 1. The highest BCUT2D eigenvalue weighted by molar-refractivity contribution is 6.30. The minimum atomic E-state index is -0.229. The van der Waals surface area contributed by atoms with Crippen molar-refractivity contribution >= 4 is 17.4 Å². The Hall–Kier alpha value is -3.12. The lowest BCUT2D eigenvalue weighted by atomic mass is 10.1. The lowest BCUT2D eigenvalue weighted by Crippen LogP contribution is -2.16. The molecule has 29 heavy (non-hydrogen) atoms. The van der Waals surface area contributed by atoms with Gasteiger partial charge in [0.2, 0.25) is 0 Å². The lowest BCUT2D eigenvalue weighted by Gasteiger charge is -2.11. The standard InChI is InChI=1S/C22H19ClN4O2/c23-17-9-8-16(10-14-6-7-14)19(11-17)29-13-18-12-20(28)27-22(24-18)25-21(26-27)15-4-2-1-3-5-15/h1-5,8-9,11-12,14H,6-7,10,13H2,(H,24,25,26).